The van der Waals surface area contributed by atoms with E-state index in [0.29, 0.717) is 11.6 Å². The molecule has 0 unspecified atom stereocenters. The fourth-order valence-corrected chi connectivity index (χ4v) is 4.31. The van der Waals surface area contributed by atoms with E-state index in [9.17, 15) is 4.79 Å². The molecule has 156 valence electrons. The number of pyridine rings is 3. The van der Waals surface area contributed by atoms with Crippen molar-refractivity contribution in [1.29, 1.82) is 0 Å². The predicted molar refractivity (Wildman–Crippen MR) is 119 cm³/mol. The minimum absolute atomic E-state index is 0.0540. The van der Waals surface area contributed by atoms with Crippen molar-refractivity contribution in [3.63, 3.8) is 0 Å². The van der Waals surface area contributed by atoms with Crippen molar-refractivity contribution >= 4 is 16.9 Å². The first-order valence-electron chi connectivity index (χ1n) is 10.6. The Morgan fingerprint density at radius 1 is 1.03 bits per heavy atom. The maximum atomic E-state index is 12.8. The van der Waals surface area contributed by atoms with Gasteiger partial charge in [-0.15, -0.1) is 0 Å². The summed E-state index contributed by atoms with van der Waals surface area (Å²) in [5.74, 6) is 0.390. The normalized spacial score (nSPS) is 14.8. The minimum Gasteiger partial charge on any atom is -0.337 e. The largest absolute Gasteiger partial charge is 0.337 e. The van der Waals surface area contributed by atoms with Gasteiger partial charge >= 0.3 is 0 Å². The Balaban J connectivity index is 1.30. The number of amides is 1. The SMILES string of the molecule is Cc1cc(C(=O)N2CCC(c3ccc4cc(-c5ccncc5)cnc4n3)CC2)n(C)n1. The summed E-state index contributed by atoms with van der Waals surface area (Å²) in [5.41, 5.74) is 5.48. The van der Waals surface area contributed by atoms with Crippen molar-refractivity contribution in [1.82, 2.24) is 29.6 Å². The molecular weight excluding hydrogens is 388 g/mol. The van der Waals surface area contributed by atoms with Crippen LogP contribution in [-0.4, -0.2) is 48.6 Å². The smallest absolute Gasteiger partial charge is 0.272 e. The Bertz CT molecular complexity index is 1240. The molecule has 5 heterocycles. The number of carbonyl (C=O) groups excluding carboxylic acids is 1. The average Bonchev–Trinajstić information content (AvgIpc) is 3.16. The summed E-state index contributed by atoms with van der Waals surface area (Å²) in [6.07, 6.45) is 7.23. The highest BCUT2D eigenvalue weighted by Crippen LogP contribution is 2.29. The highest BCUT2D eigenvalue weighted by atomic mass is 16.2. The van der Waals surface area contributed by atoms with Crippen LogP contribution in [0.25, 0.3) is 22.2 Å². The summed E-state index contributed by atoms with van der Waals surface area (Å²) in [7, 11) is 1.82. The van der Waals surface area contributed by atoms with Crippen LogP contribution in [0.15, 0.2) is 55.0 Å². The number of carbonyl (C=O) groups is 1. The molecule has 0 radical (unpaired) electrons. The lowest BCUT2D eigenvalue weighted by Gasteiger charge is -2.31. The number of fused-ring (bicyclic) bond motifs is 1. The Morgan fingerprint density at radius 2 is 1.81 bits per heavy atom. The first-order valence-corrected chi connectivity index (χ1v) is 10.6. The van der Waals surface area contributed by atoms with Gasteiger partial charge in [-0.05, 0) is 61.7 Å². The lowest BCUT2D eigenvalue weighted by Crippen LogP contribution is -2.38. The Kier molecular flexibility index (Phi) is 4.94. The van der Waals surface area contributed by atoms with E-state index in [1.54, 1.807) is 17.1 Å². The van der Waals surface area contributed by atoms with E-state index in [1.807, 2.05) is 43.3 Å². The van der Waals surface area contributed by atoms with Gasteiger partial charge in [-0.1, -0.05) is 0 Å². The first kappa shape index (κ1) is 19.4. The summed E-state index contributed by atoms with van der Waals surface area (Å²) in [6.45, 7) is 3.35. The molecule has 1 amide bonds. The molecule has 7 heteroatoms. The zero-order chi connectivity index (χ0) is 21.4. The predicted octanol–water partition coefficient (Wildman–Crippen LogP) is 3.75. The van der Waals surface area contributed by atoms with Crippen LogP contribution >= 0.6 is 0 Å². The summed E-state index contributed by atoms with van der Waals surface area (Å²) in [4.78, 5) is 28.3. The van der Waals surface area contributed by atoms with Crippen LogP contribution in [0, 0.1) is 6.92 Å². The minimum atomic E-state index is 0.0540. The van der Waals surface area contributed by atoms with E-state index in [1.165, 1.54) is 0 Å². The van der Waals surface area contributed by atoms with E-state index in [0.717, 1.165) is 59.5 Å². The monoisotopic (exact) mass is 412 g/mol. The van der Waals surface area contributed by atoms with Crippen LogP contribution in [0.4, 0.5) is 0 Å². The fraction of sp³-hybridized carbons (Fsp3) is 0.292. The molecule has 5 rings (SSSR count). The van der Waals surface area contributed by atoms with Crippen molar-refractivity contribution in [2.24, 2.45) is 7.05 Å². The van der Waals surface area contributed by atoms with Crippen LogP contribution in [0.2, 0.25) is 0 Å². The lowest BCUT2D eigenvalue weighted by molar-refractivity contribution is 0.0701. The molecule has 0 saturated carbocycles. The van der Waals surface area contributed by atoms with Crippen LogP contribution in [0.1, 0.15) is 40.6 Å². The van der Waals surface area contributed by atoms with Gasteiger partial charge in [0.2, 0.25) is 0 Å². The standard InChI is InChI=1S/C24H24N6O/c1-16-13-22(29(2)28-16)24(31)30-11-7-18(8-12-30)21-4-3-19-14-20(15-26-23(19)27-21)17-5-9-25-10-6-17/h3-6,9-10,13-15,18H,7-8,11-12H2,1-2H3. The molecular formula is C24H24N6O. The molecule has 31 heavy (non-hydrogen) atoms. The number of aryl methyl sites for hydroxylation is 2. The zero-order valence-electron chi connectivity index (χ0n) is 17.7. The highest BCUT2D eigenvalue weighted by Gasteiger charge is 2.27. The summed E-state index contributed by atoms with van der Waals surface area (Å²) < 4.78 is 1.67. The number of hydrogen-bond acceptors (Lipinski definition) is 5. The molecule has 0 spiro atoms. The van der Waals surface area contributed by atoms with Gasteiger partial charge in [-0.25, -0.2) is 9.97 Å². The van der Waals surface area contributed by atoms with Gasteiger partial charge < -0.3 is 4.90 Å². The number of hydrogen-bond donors (Lipinski definition) is 0. The van der Waals surface area contributed by atoms with Crippen molar-refractivity contribution < 1.29 is 4.79 Å². The van der Waals surface area contributed by atoms with Crippen molar-refractivity contribution in [3.8, 4) is 11.1 Å². The molecule has 1 aliphatic heterocycles. The van der Waals surface area contributed by atoms with Gasteiger partial charge in [0, 0.05) is 61.3 Å². The molecule has 4 aromatic heterocycles. The Labute approximate surface area is 180 Å². The van der Waals surface area contributed by atoms with Gasteiger partial charge in [-0.2, -0.15) is 5.10 Å². The third-order valence-electron chi connectivity index (χ3n) is 6.00. The third kappa shape index (κ3) is 3.79. The van der Waals surface area contributed by atoms with E-state index >= 15 is 0 Å². The maximum absolute atomic E-state index is 12.8. The lowest BCUT2D eigenvalue weighted by atomic mass is 9.92. The van der Waals surface area contributed by atoms with Gasteiger partial charge in [0.05, 0.1) is 5.69 Å². The second-order valence-electron chi connectivity index (χ2n) is 8.10. The van der Waals surface area contributed by atoms with Gasteiger partial charge in [0.15, 0.2) is 5.65 Å². The Morgan fingerprint density at radius 3 is 2.52 bits per heavy atom. The molecule has 7 nitrogen and oxygen atoms in total. The molecule has 1 fully saturated rings. The molecule has 0 aromatic carbocycles. The van der Waals surface area contributed by atoms with Crippen LogP contribution in [0.5, 0.6) is 0 Å². The van der Waals surface area contributed by atoms with E-state index < -0.39 is 0 Å². The summed E-state index contributed by atoms with van der Waals surface area (Å²) >= 11 is 0. The number of nitrogens with zero attached hydrogens (tertiary/aromatic N) is 6. The fourth-order valence-electron chi connectivity index (χ4n) is 4.31. The molecule has 0 aliphatic carbocycles. The topological polar surface area (TPSA) is 76.8 Å². The second kappa shape index (κ2) is 7.91. The summed E-state index contributed by atoms with van der Waals surface area (Å²) in [6, 6.07) is 12.1. The van der Waals surface area contributed by atoms with Crippen molar-refractivity contribution in [2.75, 3.05) is 13.1 Å². The zero-order valence-corrected chi connectivity index (χ0v) is 17.7. The van der Waals surface area contributed by atoms with Crippen molar-refractivity contribution in [3.05, 3.63) is 72.1 Å². The van der Waals surface area contributed by atoms with Crippen LogP contribution in [-0.2, 0) is 7.05 Å². The van der Waals surface area contributed by atoms with Crippen LogP contribution < -0.4 is 0 Å². The molecule has 0 bridgehead atoms. The van der Waals surface area contributed by atoms with E-state index in [4.69, 9.17) is 4.98 Å². The first-order chi connectivity index (χ1) is 15.1. The highest BCUT2D eigenvalue weighted by molar-refractivity contribution is 5.92. The maximum Gasteiger partial charge on any atom is 0.272 e. The van der Waals surface area contributed by atoms with E-state index in [-0.39, 0.29) is 5.91 Å². The number of piperidine rings is 1. The van der Waals surface area contributed by atoms with Gasteiger partial charge in [-0.3, -0.25) is 14.5 Å². The van der Waals surface area contributed by atoms with Crippen molar-refractivity contribution in [2.45, 2.75) is 25.7 Å². The molecule has 0 N–H and O–H groups in total. The average molecular weight is 412 g/mol. The molecule has 4 aromatic rings. The van der Waals surface area contributed by atoms with Gasteiger partial charge in [0.25, 0.3) is 5.91 Å². The number of likely N-dealkylation sites (tertiary alicyclic amines) is 1. The molecule has 0 atom stereocenters. The molecule has 1 aliphatic rings. The second-order valence-corrected chi connectivity index (χ2v) is 8.10. The third-order valence-corrected chi connectivity index (χ3v) is 6.00. The van der Waals surface area contributed by atoms with Crippen LogP contribution in [0.3, 0.4) is 0 Å². The van der Waals surface area contributed by atoms with Gasteiger partial charge in [0.1, 0.15) is 5.69 Å². The quantitative estimate of drug-likeness (QED) is 0.512. The Hall–Kier alpha value is -3.61. The summed E-state index contributed by atoms with van der Waals surface area (Å²) in [5, 5.41) is 5.32. The number of aromatic nitrogens is 5. The van der Waals surface area contributed by atoms with E-state index in [2.05, 4.69) is 33.3 Å². The number of rotatable bonds is 3. The molecule has 1 saturated heterocycles.